The van der Waals surface area contributed by atoms with E-state index in [0.717, 1.165) is 5.56 Å². The highest BCUT2D eigenvalue weighted by Gasteiger charge is 2.11. The number of carbonyl (C=O) groups is 1. The van der Waals surface area contributed by atoms with Gasteiger partial charge >= 0.3 is 0 Å². The second kappa shape index (κ2) is 6.98. The summed E-state index contributed by atoms with van der Waals surface area (Å²) in [4.78, 5) is 11.8. The number of phenols is 1. The number of methoxy groups -OCH3 is 1. The summed E-state index contributed by atoms with van der Waals surface area (Å²) in [6, 6.07) is 4.82. The standard InChI is InChI=1S/C13H20N2O3/c1-9-3-4-12(16)11(7-9)13(17)15-6-5-10(14)8-18-2/h3-4,7,10,16H,5-6,8,14H2,1-2H3,(H,15,17). The van der Waals surface area contributed by atoms with E-state index in [2.05, 4.69) is 5.32 Å². The Morgan fingerprint density at radius 1 is 1.56 bits per heavy atom. The van der Waals surface area contributed by atoms with E-state index >= 15 is 0 Å². The van der Waals surface area contributed by atoms with Crippen molar-refractivity contribution >= 4 is 5.91 Å². The molecule has 0 radical (unpaired) electrons. The van der Waals surface area contributed by atoms with E-state index in [1.165, 1.54) is 6.07 Å². The van der Waals surface area contributed by atoms with E-state index in [9.17, 15) is 9.90 Å². The number of aromatic hydroxyl groups is 1. The lowest BCUT2D eigenvalue weighted by atomic mass is 10.1. The van der Waals surface area contributed by atoms with Gasteiger partial charge in [0.15, 0.2) is 0 Å². The van der Waals surface area contributed by atoms with Crippen molar-refractivity contribution in [2.45, 2.75) is 19.4 Å². The minimum atomic E-state index is -0.291. The fourth-order valence-electron chi connectivity index (χ4n) is 1.60. The molecule has 0 saturated carbocycles. The van der Waals surface area contributed by atoms with Crippen molar-refractivity contribution in [3.8, 4) is 5.75 Å². The summed E-state index contributed by atoms with van der Waals surface area (Å²) < 4.78 is 4.90. The molecule has 1 rings (SSSR count). The van der Waals surface area contributed by atoms with Crippen LogP contribution in [0.2, 0.25) is 0 Å². The van der Waals surface area contributed by atoms with Crippen LogP contribution in [0.1, 0.15) is 22.3 Å². The summed E-state index contributed by atoms with van der Waals surface area (Å²) in [6.07, 6.45) is 0.631. The quantitative estimate of drug-likeness (QED) is 0.699. The average molecular weight is 252 g/mol. The molecule has 0 aliphatic carbocycles. The number of hydrogen-bond donors (Lipinski definition) is 3. The number of nitrogens with two attached hydrogens (primary N) is 1. The first kappa shape index (κ1) is 14.5. The van der Waals surface area contributed by atoms with Crippen molar-refractivity contribution in [2.24, 2.45) is 5.73 Å². The summed E-state index contributed by atoms with van der Waals surface area (Å²) in [5.41, 5.74) is 6.95. The van der Waals surface area contributed by atoms with Crippen LogP contribution in [0.25, 0.3) is 0 Å². The van der Waals surface area contributed by atoms with Crippen molar-refractivity contribution in [3.63, 3.8) is 0 Å². The van der Waals surface area contributed by atoms with Crippen LogP contribution < -0.4 is 11.1 Å². The number of hydrogen-bond acceptors (Lipinski definition) is 4. The molecule has 1 atom stereocenters. The predicted molar refractivity (Wildman–Crippen MR) is 69.6 cm³/mol. The van der Waals surface area contributed by atoms with Gasteiger partial charge in [-0.15, -0.1) is 0 Å². The van der Waals surface area contributed by atoms with Crippen LogP contribution in [0.3, 0.4) is 0 Å². The van der Waals surface area contributed by atoms with Gasteiger partial charge in [0.2, 0.25) is 0 Å². The van der Waals surface area contributed by atoms with Crippen LogP contribution in [-0.4, -0.2) is 37.3 Å². The molecule has 4 N–H and O–H groups in total. The lowest BCUT2D eigenvalue weighted by molar-refractivity contribution is 0.0947. The second-order valence-electron chi connectivity index (χ2n) is 4.28. The van der Waals surface area contributed by atoms with Gasteiger partial charge in [-0.05, 0) is 25.5 Å². The monoisotopic (exact) mass is 252 g/mol. The van der Waals surface area contributed by atoms with Gasteiger partial charge in [-0.1, -0.05) is 11.6 Å². The fourth-order valence-corrected chi connectivity index (χ4v) is 1.60. The zero-order valence-electron chi connectivity index (χ0n) is 10.8. The smallest absolute Gasteiger partial charge is 0.255 e. The van der Waals surface area contributed by atoms with Gasteiger partial charge in [0.1, 0.15) is 5.75 Å². The first-order valence-corrected chi connectivity index (χ1v) is 5.87. The third-order valence-electron chi connectivity index (χ3n) is 2.58. The molecule has 0 aliphatic heterocycles. The Morgan fingerprint density at radius 2 is 2.28 bits per heavy atom. The molecule has 0 aromatic heterocycles. The maximum atomic E-state index is 11.8. The van der Waals surface area contributed by atoms with Crippen molar-refractivity contribution in [2.75, 3.05) is 20.3 Å². The van der Waals surface area contributed by atoms with Gasteiger partial charge in [-0.2, -0.15) is 0 Å². The SMILES string of the molecule is COCC(N)CCNC(=O)c1cc(C)ccc1O. The number of carbonyl (C=O) groups excluding carboxylic acids is 1. The number of benzene rings is 1. The van der Waals surface area contributed by atoms with Crippen LogP contribution in [-0.2, 0) is 4.74 Å². The molecule has 0 aliphatic rings. The van der Waals surface area contributed by atoms with Crippen molar-refractivity contribution in [3.05, 3.63) is 29.3 Å². The molecule has 18 heavy (non-hydrogen) atoms. The Labute approximate surface area is 107 Å². The third-order valence-corrected chi connectivity index (χ3v) is 2.58. The number of phenolic OH excluding ortho intramolecular Hbond substituents is 1. The van der Waals surface area contributed by atoms with Crippen LogP contribution in [0.15, 0.2) is 18.2 Å². The highest BCUT2D eigenvalue weighted by molar-refractivity contribution is 5.96. The predicted octanol–water partition coefficient (Wildman–Crippen LogP) is 0.794. The van der Waals surface area contributed by atoms with Crippen molar-refractivity contribution < 1.29 is 14.6 Å². The molecule has 1 aromatic rings. The molecule has 1 aromatic carbocycles. The van der Waals surface area contributed by atoms with E-state index < -0.39 is 0 Å². The van der Waals surface area contributed by atoms with Crippen LogP contribution in [0, 0.1) is 6.92 Å². The van der Waals surface area contributed by atoms with Crippen molar-refractivity contribution in [1.29, 1.82) is 0 Å². The van der Waals surface area contributed by atoms with Gasteiger partial charge in [-0.3, -0.25) is 4.79 Å². The topological polar surface area (TPSA) is 84.6 Å². The van der Waals surface area contributed by atoms with E-state index in [4.69, 9.17) is 10.5 Å². The summed E-state index contributed by atoms with van der Waals surface area (Å²) in [6.45, 7) is 2.78. The largest absolute Gasteiger partial charge is 0.507 e. The first-order valence-electron chi connectivity index (χ1n) is 5.87. The minimum absolute atomic E-state index is 0.0145. The van der Waals surface area contributed by atoms with Gasteiger partial charge in [0.05, 0.1) is 12.2 Å². The lowest BCUT2D eigenvalue weighted by Gasteiger charge is -2.11. The molecule has 1 unspecified atom stereocenters. The Morgan fingerprint density at radius 3 is 2.94 bits per heavy atom. The highest BCUT2D eigenvalue weighted by Crippen LogP contribution is 2.17. The average Bonchev–Trinajstić information content (AvgIpc) is 2.32. The van der Waals surface area contributed by atoms with E-state index in [1.54, 1.807) is 19.2 Å². The zero-order valence-corrected chi connectivity index (χ0v) is 10.8. The van der Waals surface area contributed by atoms with E-state index in [1.807, 2.05) is 6.92 Å². The van der Waals surface area contributed by atoms with E-state index in [-0.39, 0.29) is 23.3 Å². The van der Waals surface area contributed by atoms with Crippen LogP contribution >= 0.6 is 0 Å². The minimum Gasteiger partial charge on any atom is -0.507 e. The van der Waals surface area contributed by atoms with Crippen molar-refractivity contribution in [1.82, 2.24) is 5.32 Å². The number of rotatable bonds is 6. The Hall–Kier alpha value is -1.59. The molecule has 0 fully saturated rings. The molecule has 100 valence electrons. The molecule has 0 bridgehead atoms. The van der Waals surface area contributed by atoms with Gasteiger partial charge in [0, 0.05) is 19.7 Å². The van der Waals surface area contributed by atoms with Gasteiger partial charge < -0.3 is 20.9 Å². The van der Waals surface area contributed by atoms with Gasteiger partial charge in [-0.25, -0.2) is 0 Å². The number of amides is 1. The summed E-state index contributed by atoms with van der Waals surface area (Å²) >= 11 is 0. The summed E-state index contributed by atoms with van der Waals surface area (Å²) in [7, 11) is 1.59. The molecule has 5 nitrogen and oxygen atoms in total. The maximum Gasteiger partial charge on any atom is 0.255 e. The first-order chi connectivity index (χ1) is 8.54. The molecule has 5 heteroatoms. The van der Waals surface area contributed by atoms with Gasteiger partial charge in [0.25, 0.3) is 5.91 Å². The highest BCUT2D eigenvalue weighted by atomic mass is 16.5. The molecule has 1 amide bonds. The van der Waals surface area contributed by atoms with Crippen LogP contribution in [0.5, 0.6) is 5.75 Å². The number of aryl methyl sites for hydroxylation is 1. The third kappa shape index (κ3) is 4.35. The normalized spacial score (nSPS) is 12.2. The fraction of sp³-hybridized carbons (Fsp3) is 0.462. The summed E-state index contributed by atoms with van der Waals surface area (Å²) in [5.74, 6) is -0.305. The molecule has 0 heterocycles. The second-order valence-corrected chi connectivity index (χ2v) is 4.28. The molecular formula is C13H20N2O3. The number of nitrogens with one attached hydrogen (secondary N) is 1. The molecule has 0 spiro atoms. The molecule has 0 saturated heterocycles. The lowest BCUT2D eigenvalue weighted by Crippen LogP contribution is -2.32. The molecular weight excluding hydrogens is 232 g/mol. The Kier molecular flexibility index (Phi) is 5.61. The Balaban J connectivity index is 2.48. The van der Waals surface area contributed by atoms with Crippen LogP contribution in [0.4, 0.5) is 0 Å². The summed E-state index contributed by atoms with van der Waals surface area (Å²) in [5, 5.41) is 12.3. The van der Waals surface area contributed by atoms with E-state index in [0.29, 0.717) is 19.6 Å². The number of ether oxygens (including phenoxy) is 1. The zero-order chi connectivity index (χ0) is 13.5. The maximum absolute atomic E-state index is 11.8. The Bertz CT molecular complexity index is 407.